The summed E-state index contributed by atoms with van der Waals surface area (Å²) in [7, 11) is 0. The molecule has 0 bridgehead atoms. The normalized spacial score (nSPS) is 28.4. The van der Waals surface area contributed by atoms with Gasteiger partial charge in [0.2, 0.25) is 0 Å². The number of rotatable bonds is 5. The maximum Gasteiger partial charge on any atom is 0.0597 e. The summed E-state index contributed by atoms with van der Waals surface area (Å²) in [6.07, 6.45) is 8.41. The minimum atomic E-state index is 0.571. The second kappa shape index (κ2) is 7.34. The van der Waals surface area contributed by atoms with Crippen LogP contribution in [0, 0.1) is 0 Å². The summed E-state index contributed by atoms with van der Waals surface area (Å²) in [6.45, 7) is 7.94. The Morgan fingerprint density at radius 2 is 2.06 bits per heavy atom. The third-order valence-electron chi connectivity index (χ3n) is 4.12. The van der Waals surface area contributed by atoms with Gasteiger partial charge in [-0.2, -0.15) is 0 Å². The predicted molar refractivity (Wildman–Crippen MR) is 71.3 cm³/mol. The zero-order valence-corrected chi connectivity index (χ0v) is 11.3. The molecule has 1 unspecified atom stereocenters. The van der Waals surface area contributed by atoms with E-state index in [1.165, 1.54) is 58.2 Å². The lowest BCUT2D eigenvalue weighted by Crippen LogP contribution is -2.38. The van der Waals surface area contributed by atoms with E-state index in [4.69, 9.17) is 4.74 Å². The Balaban J connectivity index is 1.62. The van der Waals surface area contributed by atoms with Gasteiger partial charge in [-0.05, 0) is 38.8 Å². The molecule has 0 aromatic carbocycles. The molecule has 1 N–H and O–H groups in total. The molecular weight excluding hydrogens is 212 g/mol. The van der Waals surface area contributed by atoms with Crippen molar-refractivity contribution in [3.63, 3.8) is 0 Å². The SMILES string of the molecule is CCC1CN(CCOC2CCCC2)CCCN1. The molecule has 3 heteroatoms. The molecule has 2 aliphatic rings. The van der Waals surface area contributed by atoms with Crippen molar-refractivity contribution < 1.29 is 4.74 Å². The highest BCUT2D eigenvalue weighted by atomic mass is 16.5. The molecule has 17 heavy (non-hydrogen) atoms. The van der Waals surface area contributed by atoms with Gasteiger partial charge in [-0.25, -0.2) is 0 Å². The van der Waals surface area contributed by atoms with Crippen LogP contribution in [0.25, 0.3) is 0 Å². The van der Waals surface area contributed by atoms with Crippen molar-refractivity contribution in [3.05, 3.63) is 0 Å². The molecule has 0 aromatic heterocycles. The summed E-state index contributed by atoms with van der Waals surface area (Å²) < 4.78 is 5.95. The lowest BCUT2D eigenvalue weighted by Gasteiger charge is -2.24. The van der Waals surface area contributed by atoms with Gasteiger partial charge in [0.25, 0.3) is 0 Å². The molecule has 1 aliphatic carbocycles. The van der Waals surface area contributed by atoms with Crippen LogP contribution in [-0.4, -0.2) is 49.8 Å². The highest BCUT2D eigenvalue weighted by molar-refractivity contribution is 4.75. The van der Waals surface area contributed by atoms with Gasteiger partial charge >= 0.3 is 0 Å². The van der Waals surface area contributed by atoms with Crippen molar-refractivity contribution in [3.8, 4) is 0 Å². The molecule has 0 radical (unpaired) electrons. The summed E-state index contributed by atoms with van der Waals surface area (Å²) >= 11 is 0. The largest absolute Gasteiger partial charge is 0.377 e. The number of ether oxygens (including phenoxy) is 1. The molecule has 1 atom stereocenters. The number of nitrogens with zero attached hydrogens (tertiary/aromatic N) is 1. The fourth-order valence-corrected chi connectivity index (χ4v) is 2.96. The van der Waals surface area contributed by atoms with E-state index in [9.17, 15) is 0 Å². The third-order valence-corrected chi connectivity index (χ3v) is 4.12. The fraction of sp³-hybridized carbons (Fsp3) is 1.00. The summed E-state index contributed by atoms with van der Waals surface area (Å²) in [5.41, 5.74) is 0. The summed E-state index contributed by atoms with van der Waals surface area (Å²) in [5.74, 6) is 0. The Labute approximate surface area is 106 Å². The first-order valence-corrected chi connectivity index (χ1v) is 7.46. The van der Waals surface area contributed by atoms with Crippen LogP contribution in [0.2, 0.25) is 0 Å². The first-order valence-electron chi connectivity index (χ1n) is 7.46. The maximum atomic E-state index is 5.95. The van der Waals surface area contributed by atoms with Gasteiger partial charge in [-0.3, -0.25) is 4.90 Å². The smallest absolute Gasteiger partial charge is 0.0597 e. The summed E-state index contributed by atoms with van der Waals surface area (Å²) in [6, 6.07) is 0.684. The van der Waals surface area contributed by atoms with Crippen LogP contribution in [-0.2, 0) is 4.74 Å². The van der Waals surface area contributed by atoms with Gasteiger partial charge in [-0.1, -0.05) is 19.8 Å². The monoisotopic (exact) mass is 240 g/mol. The molecule has 1 saturated heterocycles. The number of hydrogen-bond acceptors (Lipinski definition) is 3. The quantitative estimate of drug-likeness (QED) is 0.795. The molecule has 100 valence electrons. The lowest BCUT2D eigenvalue weighted by molar-refractivity contribution is 0.0415. The van der Waals surface area contributed by atoms with Crippen molar-refractivity contribution in [2.24, 2.45) is 0 Å². The molecule has 0 aromatic rings. The standard InChI is InChI=1S/C14H28N2O/c1-2-13-12-16(9-5-8-15-13)10-11-17-14-6-3-4-7-14/h13-15H,2-12H2,1H3. The Morgan fingerprint density at radius 1 is 1.24 bits per heavy atom. The van der Waals surface area contributed by atoms with E-state index in [2.05, 4.69) is 17.1 Å². The Kier molecular flexibility index (Phi) is 5.75. The number of nitrogens with one attached hydrogen (secondary N) is 1. The van der Waals surface area contributed by atoms with Crippen LogP contribution in [0.1, 0.15) is 45.4 Å². The average molecular weight is 240 g/mol. The molecular formula is C14H28N2O. The average Bonchev–Trinajstić information content (AvgIpc) is 2.74. The molecule has 2 fully saturated rings. The second-order valence-electron chi connectivity index (χ2n) is 5.49. The van der Waals surface area contributed by atoms with E-state index < -0.39 is 0 Å². The molecule has 1 heterocycles. The Bertz CT molecular complexity index is 204. The topological polar surface area (TPSA) is 24.5 Å². The van der Waals surface area contributed by atoms with Crippen LogP contribution in [0.15, 0.2) is 0 Å². The van der Waals surface area contributed by atoms with Gasteiger partial charge in [0, 0.05) is 19.1 Å². The van der Waals surface area contributed by atoms with Crippen molar-refractivity contribution >= 4 is 0 Å². The fourth-order valence-electron chi connectivity index (χ4n) is 2.96. The Morgan fingerprint density at radius 3 is 2.82 bits per heavy atom. The van der Waals surface area contributed by atoms with Crippen LogP contribution in [0.5, 0.6) is 0 Å². The second-order valence-corrected chi connectivity index (χ2v) is 5.49. The minimum Gasteiger partial charge on any atom is -0.377 e. The molecule has 2 rings (SSSR count). The van der Waals surface area contributed by atoms with Gasteiger partial charge in [0.05, 0.1) is 12.7 Å². The highest BCUT2D eigenvalue weighted by Crippen LogP contribution is 2.20. The lowest BCUT2D eigenvalue weighted by atomic mass is 10.2. The maximum absolute atomic E-state index is 5.95. The summed E-state index contributed by atoms with van der Waals surface area (Å²) in [5, 5.41) is 3.61. The van der Waals surface area contributed by atoms with Crippen molar-refractivity contribution in [1.82, 2.24) is 10.2 Å². The molecule has 1 aliphatic heterocycles. The molecule has 1 saturated carbocycles. The first-order chi connectivity index (χ1) is 8.38. The molecule has 0 spiro atoms. The molecule has 0 amide bonds. The van der Waals surface area contributed by atoms with Gasteiger partial charge < -0.3 is 10.1 Å². The van der Waals surface area contributed by atoms with Crippen LogP contribution < -0.4 is 5.32 Å². The highest BCUT2D eigenvalue weighted by Gasteiger charge is 2.18. The minimum absolute atomic E-state index is 0.571. The van der Waals surface area contributed by atoms with Crippen molar-refractivity contribution in [2.75, 3.05) is 32.8 Å². The van der Waals surface area contributed by atoms with E-state index in [1.807, 2.05) is 0 Å². The zero-order chi connectivity index (χ0) is 11.9. The van der Waals surface area contributed by atoms with Crippen LogP contribution >= 0.6 is 0 Å². The van der Waals surface area contributed by atoms with E-state index in [0.29, 0.717) is 12.1 Å². The summed E-state index contributed by atoms with van der Waals surface area (Å²) in [4.78, 5) is 2.57. The van der Waals surface area contributed by atoms with Crippen LogP contribution in [0.4, 0.5) is 0 Å². The van der Waals surface area contributed by atoms with E-state index in [1.54, 1.807) is 0 Å². The van der Waals surface area contributed by atoms with Gasteiger partial charge in [0.1, 0.15) is 0 Å². The van der Waals surface area contributed by atoms with Crippen molar-refractivity contribution in [1.29, 1.82) is 0 Å². The number of hydrogen-bond donors (Lipinski definition) is 1. The van der Waals surface area contributed by atoms with Gasteiger partial charge in [-0.15, -0.1) is 0 Å². The van der Waals surface area contributed by atoms with Gasteiger partial charge in [0.15, 0.2) is 0 Å². The van der Waals surface area contributed by atoms with E-state index >= 15 is 0 Å². The zero-order valence-electron chi connectivity index (χ0n) is 11.3. The van der Waals surface area contributed by atoms with Crippen molar-refractivity contribution in [2.45, 2.75) is 57.6 Å². The predicted octanol–water partition coefficient (Wildman–Crippen LogP) is 2.02. The first kappa shape index (κ1) is 13.3. The van der Waals surface area contributed by atoms with E-state index in [-0.39, 0.29) is 0 Å². The Hall–Kier alpha value is -0.120. The molecule has 3 nitrogen and oxygen atoms in total. The van der Waals surface area contributed by atoms with E-state index in [0.717, 1.165) is 13.2 Å². The third kappa shape index (κ3) is 4.57. The van der Waals surface area contributed by atoms with Crippen LogP contribution in [0.3, 0.4) is 0 Å².